The third kappa shape index (κ3) is 6.28. The van der Waals surface area contributed by atoms with E-state index in [0.717, 1.165) is 18.1 Å². The fourth-order valence-electron chi connectivity index (χ4n) is 1.29. The highest BCUT2D eigenvalue weighted by Gasteiger charge is 2.04. The molecule has 0 spiro atoms. The second-order valence-corrected chi connectivity index (χ2v) is 5.83. The molecule has 0 saturated heterocycles. The van der Waals surface area contributed by atoms with E-state index < -0.39 is 0 Å². The number of nitrogens with one attached hydrogen (secondary N) is 1. The zero-order valence-electron chi connectivity index (χ0n) is 10.8. The number of amides is 1. The van der Waals surface area contributed by atoms with Crippen molar-refractivity contribution in [3.05, 3.63) is 29.3 Å². The van der Waals surface area contributed by atoms with Gasteiger partial charge in [-0.15, -0.1) is 0 Å². The van der Waals surface area contributed by atoms with E-state index in [-0.39, 0.29) is 5.91 Å². The molecule has 0 unspecified atom stereocenters. The maximum Gasteiger partial charge on any atom is 0.225 e. The van der Waals surface area contributed by atoms with Crippen molar-refractivity contribution in [2.45, 2.75) is 6.42 Å². The van der Waals surface area contributed by atoms with Crippen molar-refractivity contribution in [3.8, 4) is 0 Å². The minimum atomic E-state index is 0.0143. The normalized spacial score (nSPS) is 10.7. The van der Waals surface area contributed by atoms with Crippen LogP contribution in [-0.2, 0) is 4.79 Å². The Bertz CT molecular complexity index is 385. The minimum Gasteiger partial charge on any atom is -0.325 e. The first kappa shape index (κ1) is 15.3. The quantitative estimate of drug-likeness (QED) is 0.782. The van der Waals surface area contributed by atoms with Crippen molar-refractivity contribution >= 4 is 35.0 Å². The van der Waals surface area contributed by atoms with Gasteiger partial charge >= 0.3 is 0 Å². The van der Waals surface area contributed by atoms with Gasteiger partial charge in [-0.3, -0.25) is 4.79 Å². The first-order valence-corrected chi connectivity index (χ1v) is 7.39. The van der Waals surface area contributed by atoms with Crippen LogP contribution >= 0.6 is 23.4 Å². The lowest BCUT2D eigenvalue weighted by Gasteiger charge is -2.09. The van der Waals surface area contributed by atoms with Crippen LogP contribution in [0.5, 0.6) is 0 Å². The predicted octanol–water partition coefficient (Wildman–Crippen LogP) is 2.96. The lowest BCUT2D eigenvalue weighted by molar-refractivity contribution is -0.115. The maximum atomic E-state index is 11.7. The summed E-state index contributed by atoms with van der Waals surface area (Å²) in [6.45, 7) is 1.04. The standard InChI is InChI=1S/C13H19ClN2OS/c1-16(2)8-10-18-9-7-13(17)15-12-6-4-3-5-11(12)14/h3-6H,7-10H2,1-2H3,(H,15,17). The maximum absolute atomic E-state index is 11.7. The van der Waals surface area contributed by atoms with Crippen molar-refractivity contribution < 1.29 is 4.79 Å². The fourth-order valence-corrected chi connectivity index (χ4v) is 2.50. The molecule has 0 aromatic heterocycles. The molecule has 0 atom stereocenters. The first-order valence-electron chi connectivity index (χ1n) is 5.86. The lowest BCUT2D eigenvalue weighted by atomic mass is 10.3. The smallest absolute Gasteiger partial charge is 0.225 e. The molecule has 18 heavy (non-hydrogen) atoms. The molecule has 1 N–H and O–H groups in total. The molecule has 1 aromatic rings. The SMILES string of the molecule is CN(C)CCSCCC(=O)Nc1ccccc1Cl. The summed E-state index contributed by atoms with van der Waals surface area (Å²) in [4.78, 5) is 13.8. The summed E-state index contributed by atoms with van der Waals surface area (Å²) in [6, 6.07) is 7.27. The van der Waals surface area contributed by atoms with Crippen LogP contribution < -0.4 is 5.32 Å². The summed E-state index contributed by atoms with van der Waals surface area (Å²) in [7, 11) is 4.09. The molecule has 100 valence electrons. The van der Waals surface area contributed by atoms with Crippen LogP contribution in [0.1, 0.15) is 6.42 Å². The number of hydrogen-bond acceptors (Lipinski definition) is 3. The van der Waals surface area contributed by atoms with E-state index in [0.29, 0.717) is 17.1 Å². The largest absolute Gasteiger partial charge is 0.325 e. The van der Waals surface area contributed by atoms with Gasteiger partial charge in [0, 0.05) is 24.5 Å². The van der Waals surface area contributed by atoms with Gasteiger partial charge in [0.1, 0.15) is 0 Å². The summed E-state index contributed by atoms with van der Waals surface area (Å²) >= 11 is 7.75. The highest BCUT2D eigenvalue weighted by molar-refractivity contribution is 7.99. The number of rotatable bonds is 7. The average Bonchev–Trinajstić information content (AvgIpc) is 2.31. The highest BCUT2D eigenvalue weighted by atomic mass is 35.5. The Kier molecular flexibility index (Phi) is 7.16. The van der Waals surface area contributed by atoms with Gasteiger partial charge in [-0.2, -0.15) is 11.8 Å². The molecule has 3 nitrogen and oxygen atoms in total. The third-order valence-corrected chi connectivity index (χ3v) is 3.60. The second kappa shape index (κ2) is 8.40. The fraction of sp³-hybridized carbons (Fsp3) is 0.462. The molecule has 0 aliphatic rings. The Labute approximate surface area is 118 Å². The monoisotopic (exact) mass is 286 g/mol. The Morgan fingerprint density at radius 1 is 1.33 bits per heavy atom. The Balaban J connectivity index is 2.20. The number of anilines is 1. The average molecular weight is 287 g/mol. The van der Waals surface area contributed by atoms with Gasteiger partial charge in [0.15, 0.2) is 0 Å². The van der Waals surface area contributed by atoms with Crippen LogP contribution in [0.25, 0.3) is 0 Å². The van der Waals surface area contributed by atoms with Crippen molar-refractivity contribution in [1.82, 2.24) is 4.90 Å². The van der Waals surface area contributed by atoms with Gasteiger partial charge in [-0.25, -0.2) is 0 Å². The molecule has 0 fully saturated rings. The van der Waals surface area contributed by atoms with Crippen molar-refractivity contribution in [3.63, 3.8) is 0 Å². The van der Waals surface area contributed by atoms with Crippen LogP contribution in [0.4, 0.5) is 5.69 Å². The van der Waals surface area contributed by atoms with Gasteiger partial charge in [-0.1, -0.05) is 23.7 Å². The van der Waals surface area contributed by atoms with E-state index in [1.165, 1.54) is 0 Å². The summed E-state index contributed by atoms with van der Waals surface area (Å²) < 4.78 is 0. The number of carbonyl (C=O) groups excluding carboxylic acids is 1. The molecular formula is C13H19ClN2OS. The Morgan fingerprint density at radius 3 is 2.72 bits per heavy atom. The first-order chi connectivity index (χ1) is 8.59. The predicted molar refractivity (Wildman–Crippen MR) is 80.6 cm³/mol. The number of benzene rings is 1. The molecule has 0 aliphatic heterocycles. The molecule has 0 aliphatic carbocycles. The molecule has 0 saturated carbocycles. The zero-order chi connectivity index (χ0) is 13.4. The molecule has 1 aromatic carbocycles. The van der Waals surface area contributed by atoms with Gasteiger partial charge < -0.3 is 10.2 Å². The number of halogens is 1. The lowest BCUT2D eigenvalue weighted by Crippen LogP contribution is -2.16. The van der Waals surface area contributed by atoms with Crippen molar-refractivity contribution in [2.75, 3.05) is 37.5 Å². The highest BCUT2D eigenvalue weighted by Crippen LogP contribution is 2.20. The van der Waals surface area contributed by atoms with Crippen molar-refractivity contribution in [1.29, 1.82) is 0 Å². The molecule has 1 amide bonds. The number of carbonyl (C=O) groups is 1. The van der Waals surface area contributed by atoms with Crippen LogP contribution in [0, 0.1) is 0 Å². The van der Waals surface area contributed by atoms with E-state index in [1.54, 1.807) is 23.9 Å². The van der Waals surface area contributed by atoms with Gasteiger partial charge in [-0.05, 0) is 26.2 Å². The van der Waals surface area contributed by atoms with Crippen LogP contribution in [0.3, 0.4) is 0 Å². The molecule has 0 bridgehead atoms. The minimum absolute atomic E-state index is 0.0143. The Hall–Kier alpha value is -0.710. The molecule has 0 radical (unpaired) electrons. The van der Waals surface area contributed by atoms with E-state index in [1.807, 2.05) is 26.2 Å². The van der Waals surface area contributed by atoms with E-state index >= 15 is 0 Å². The number of nitrogens with zero attached hydrogens (tertiary/aromatic N) is 1. The van der Waals surface area contributed by atoms with Gasteiger partial charge in [0.05, 0.1) is 10.7 Å². The van der Waals surface area contributed by atoms with Crippen LogP contribution in [0.2, 0.25) is 5.02 Å². The third-order valence-electron chi connectivity index (χ3n) is 2.30. The summed E-state index contributed by atoms with van der Waals surface area (Å²) in [5.74, 6) is 1.90. The second-order valence-electron chi connectivity index (χ2n) is 4.19. The van der Waals surface area contributed by atoms with E-state index in [2.05, 4.69) is 10.2 Å². The molecule has 1 rings (SSSR count). The van der Waals surface area contributed by atoms with E-state index in [4.69, 9.17) is 11.6 Å². The van der Waals surface area contributed by atoms with Gasteiger partial charge in [0.2, 0.25) is 5.91 Å². The Morgan fingerprint density at radius 2 is 2.06 bits per heavy atom. The topological polar surface area (TPSA) is 32.3 Å². The molecule has 5 heteroatoms. The molecule has 0 heterocycles. The molecular weight excluding hydrogens is 268 g/mol. The number of thioether (sulfide) groups is 1. The van der Waals surface area contributed by atoms with E-state index in [9.17, 15) is 4.79 Å². The number of para-hydroxylation sites is 1. The zero-order valence-corrected chi connectivity index (χ0v) is 12.4. The summed E-state index contributed by atoms with van der Waals surface area (Å²) in [5, 5.41) is 3.39. The summed E-state index contributed by atoms with van der Waals surface area (Å²) in [6.07, 6.45) is 0.517. The van der Waals surface area contributed by atoms with Crippen LogP contribution in [-0.4, -0.2) is 43.0 Å². The number of hydrogen-bond donors (Lipinski definition) is 1. The van der Waals surface area contributed by atoms with Crippen molar-refractivity contribution in [2.24, 2.45) is 0 Å². The van der Waals surface area contributed by atoms with Gasteiger partial charge in [0.25, 0.3) is 0 Å². The summed E-state index contributed by atoms with van der Waals surface area (Å²) in [5.41, 5.74) is 0.683. The van der Waals surface area contributed by atoms with Crippen LogP contribution in [0.15, 0.2) is 24.3 Å².